The van der Waals surface area contributed by atoms with Crippen molar-refractivity contribution in [3.8, 4) is 0 Å². The molecule has 4 bridgehead atoms. The van der Waals surface area contributed by atoms with Crippen LogP contribution in [0, 0.1) is 45.8 Å². The number of carboxylic acids is 1. The first kappa shape index (κ1) is 19.9. The van der Waals surface area contributed by atoms with Gasteiger partial charge in [0.05, 0.1) is 18.6 Å². The van der Waals surface area contributed by atoms with Gasteiger partial charge in [-0.15, -0.1) is 0 Å². The summed E-state index contributed by atoms with van der Waals surface area (Å²) in [6.45, 7) is 9.32. The molecule has 7 atom stereocenters. The zero-order chi connectivity index (χ0) is 20.3. The molecule has 28 heavy (non-hydrogen) atoms. The number of ether oxygens (including phenoxy) is 1. The number of rotatable bonds is 7. The third-order valence-electron chi connectivity index (χ3n) is 8.93. The molecule has 0 heterocycles. The van der Waals surface area contributed by atoms with Gasteiger partial charge in [-0.05, 0) is 55.8 Å². The summed E-state index contributed by atoms with van der Waals surface area (Å²) in [7, 11) is 0. The molecule has 1 N–H and O–H groups in total. The van der Waals surface area contributed by atoms with E-state index < -0.39 is 22.2 Å². The van der Waals surface area contributed by atoms with Crippen LogP contribution in [0.5, 0.6) is 0 Å². The molecule has 0 radical (unpaired) electrons. The van der Waals surface area contributed by atoms with Gasteiger partial charge in [0.1, 0.15) is 11.7 Å². The molecule has 154 valence electrons. The maximum atomic E-state index is 13.2. The minimum absolute atomic E-state index is 0.117. The predicted molar refractivity (Wildman–Crippen MR) is 108 cm³/mol. The van der Waals surface area contributed by atoms with E-state index in [4.69, 9.17) is 4.74 Å². The predicted octanol–water partition coefficient (Wildman–Crippen LogP) is 4.50. The highest BCUT2D eigenvalue weighted by Gasteiger charge is 2.84. The van der Waals surface area contributed by atoms with Crippen molar-refractivity contribution in [2.45, 2.75) is 53.4 Å². The van der Waals surface area contributed by atoms with Gasteiger partial charge in [0.15, 0.2) is 0 Å². The van der Waals surface area contributed by atoms with Crippen molar-refractivity contribution < 1.29 is 19.4 Å². The average Bonchev–Trinajstić information content (AvgIpc) is 3.22. The lowest BCUT2D eigenvalue weighted by Crippen LogP contribution is -2.63. The van der Waals surface area contributed by atoms with Crippen molar-refractivity contribution in [3.05, 3.63) is 23.8 Å². The normalized spacial score (nSPS) is 46.2. The maximum absolute atomic E-state index is 13.2. The highest BCUT2D eigenvalue weighted by Crippen LogP contribution is 2.82. The second-order valence-electron chi connectivity index (χ2n) is 10.1. The number of carbonyl (C=O) groups excluding carboxylic acids is 1. The number of hydrogen-bond donors (Lipinski definition) is 1. The van der Waals surface area contributed by atoms with Crippen LogP contribution in [0.4, 0.5) is 0 Å². The third-order valence-corrected chi connectivity index (χ3v) is 8.93. The highest BCUT2D eigenvalue weighted by molar-refractivity contribution is 5.90. The quantitative estimate of drug-likeness (QED) is 0.397. The molecule has 4 aliphatic carbocycles. The van der Waals surface area contributed by atoms with Gasteiger partial charge in [0, 0.05) is 5.41 Å². The second-order valence-corrected chi connectivity index (χ2v) is 10.1. The van der Waals surface area contributed by atoms with E-state index in [0.29, 0.717) is 31.5 Å². The Hall–Kier alpha value is -1.42. The summed E-state index contributed by atoms with van der Waals surface area (Å²) < 4.78 is 6.09. The van der Waals surface area contributed by atoms with E-state index in [-0.39, 0.29) is 17.8 Å². The molecular formula is C24H34O4. The number of hydrogen-bond acceptors (Lipinski definition) is 3. The van der Waals surface area contributed by atoms with Crippen molar-refractivity contribution >= 4 is 12.3 Å². The Labute approximate surface area is 168 Å². The summed E-state index contributed by atoms with van der Waals surface area (Å²) in [5, 5.41) is 10.8. The maximum Gasteiger partial charge on any atom is 0.315 e. The number of aliphatic carboxylic acids is 1. The van der Waals surface area contributed by atoms with E-state index in [0.717, 1.165) is 31.1 Å². The molecule has 4 heteroatoms. The topological polar surface area (TPSA) is 63.6 Å². The van der Waals surface area contributed by atoms with Gasteiger partial charge in [0.25, 0.3) is 0 Å². The Morgan fingerprint density at radius 1 is 1.36 bits per heavy atom. The number of aldehydes is 1. The Balaban J connectivity index is 1.90. The molecular weight excluding hydrogens is 352 g/mol. The summed E-state index contributed by atoms with van der Waals surface area (Å²) in [6.07, 6.45) is 10.9. The van der Waals surface area contributed by atoms with Crippen LogP contribution < -0.4 is 0 Å². The van der Waals surface area contributed by atoms with Crippen molar-refractivity contribution in [2.75, 3.05) is 13.2 Å². The van der Waals surface area contributed by atoms with Gasteiger partial charge in [-0.25, -0.2) is 0 Å². The Morgan fingerprint density at radius 3 is 2.71 bits per heavy atom. The van der Waals surface area contributed by atoms with E-state index in [9.17, 15) is 14.7 Å². The van der Waals surface area contributed by atoms with Gasteiger partial charge in [-0.2, -0.15) is 0 Å². The standard InChI is InChI=1S/C24H34O4/c1-5-6-9-28-14-23-12-18-16(4)7-8-19(18)22(13-25)11-17(23)10-20(15(2)3)24(22,23)21(26)27/h5-6,10,13,15-19H,7-9,11-12,14H2,1-4H3,(H,26,27)/t16-,17+,18-,19-,22+,23+,24+/m0/s1. The van der Waals surface area contributed by atoms with Crippen molar-refractivity contribution in [2.24, 2.45) is 45.8 Å². The van der Waals surface area contributed by atoms with E-state index in [2.05, 4.69) is 26.8 Å². The lowest BCUT2D eigenvalue weighted by Gasteiger charge is -2.58. The molecule has 3 fully saturated rings. The SMILES string of the molecule is CC=CCOC[C@]12C[C@H]3[C@@H](C)CC[C@@H]3[C@]3(C=O)C[C@H]1C=C(C(C)C)[C@]23C(=O)O. The molecule has 4 nitrogen and oxygen atoms in total. The van der Waals surface area contributed by atoms with Crippen LogP contribution in [0.2, 0.25) is 0 Å². The van der Waals surface area contributed by atoms with Gasteiger partial charge >= 0.3 is 5.97 Å². The van der Waals surface area contributed by atoms with Crippen molar-refractivity contribution in [1.82, 2.24) is 0 Å². The van der Waals surface area contributed by atoms with Crippen LogP contribution in [-0.2, 0) is 14.3 Å². The third kappa shape index (κ3) is 2.05. The molecule has 0 aromatic heterocycles. The van der Waals surface area contributed by atoms with Gasteiger partial charge in [-0.1, -0.05) is 51.0 Å². The summed E-state index contributed by atoms with van der Waals surface area (Å²) in [6, 6.07) is 0. The Bertz CT molecular complexity index is 737. The summed E-state index contributed by atoms with van der Waals surface area (Å²) >= 11 is 0. The summed E-state index contributed by atoms with van der Waals surface area (Å²) in [5.41, 5.74) is -1.41. The number of fused-ring (bicyclic) bond motifs is 2. The Morgan fingerprint density at radius 2 is 2.11 bits per heavy atom. The molecule has 0 unspecified atom stereocenters. The minimum atomic E-state index is -1.11. The zero-order valence-corrected chi connectivity index (χ0v) is 17.6. The first-order chi connectivity index (χ1) is 13.3. The molecule has 4 rings (SSSR count). The van der Waals surface area contributed by atoms with Crippen LogP contribution in [-0.4, -0.2) is 30.6 Å². The zero-order valence-electron chi connectivity index (χ0n) is 17.6. The van der Waals surface area contributed by atoms with Crippen LogP contribution in [0.1, 0.15) is 53.4 Å². The van der Waals surface area contributed by atoms with Gasteiger partial charge in [0.2, 0.25) is 0 Å². The number of allylic oxidation sites excluding steroid dienone is 2. The smallest absolute Gasteiger partial charge is 0.315 e. The fourth-order valence-electron chi connectivity index (χ4n) is 8.04. The average molecular weight is 387 g/mol. The largest absolute Gasteiger partial charge is 0.481 e. The van der Waals surface area contributed by atoms with E-state index >= 15 is 0 Å². The molecule has 0 spiro atoms. The van der Waals surface area contributed by atoms with Crippen LogP contribution in [0.25, 0.3) is 0 Å². The molecule has 4 aliphatic rings. The monoisotopic (exact) mass is 386 g/mol. The number of carboxylic acid groups (broad SMARTS) is 1. The van der Waals surface area contributed by atoms with Crippen LogP contribution in [0.15, 0.2) is 23.8 Å². The molecule has 0 aliphatic heterocycles. The van der Waals surface area contributed by atoms with E-state index in [1.807, 2.05) is 19.1 Å². The fraction of sp³-hybridized carbons (Fsp3) is 0.750. The lowest BCUT2D eigenvalue weighted by molar-refractivity contribution is -0.186. The number of carbonyl (C=O) groups is 2. The summed E-state index contributed by atoms with van der Waals surface area (Å²) in [4.78, 5) is 26.0. The lowest BCUT2D eigenvalue weighted by atomic mass is 9.43. The summed E-state index contributed by atoms with van der Waals surface area (Å²) in [5.74, 6) is 0.596. The van der Waals surface area contributed by atoms with Gasteiger partial charge in [-0.3, -0.25) is 4.79 Å². The molecule has 0 amide bonds. The molecule has 0 aromatic carbocycles. The van der Waals surface area contributed by atoms with Crippen molar-refractivity contribution in [3.63, 3.8) is 0 Å². The molecule has 0 saturated heterocycles. The molecule has 0 aromatic rings. The van der Waals surface area contributed by atoms with Crippen molar-refractivity contribution in [1.29, 1.82) is 0 Å². The highest BCUT2D eigenvalue weighted by atomic mass is 16.5. The fourth-order valence-corrected chi connectivity index (χ4v) is 8.04. The van der Waals surface area contributed by atoms with Gasteiger partial charge < -0.3 is 14.6 Å². The van der Waals surface area contributed by atoms with Crippen LogP contribution >= 0.6 is 0 Å². The minimum Gasteiger partial charge on any atom is -0.481 e. The van der Waals surface area contributed by atoms with E-state index in [1.165, 1.54) is 0 Å². The Kier molecular flexibility index (Phi) is 4.65. The van der Waals surface area contributed by atoms with E-state index in [1.54, 1.807) is 0 Å². The molecule has 3 saturated carbocycles. The first-order valence-electron chi connectivity index (χ1n) is 10.9. The van der Waals surface area contributed by atoms with Crippen LogP contribution in [0.3, 0.4) is 0 Å². The first-order valence-corrected chi connectivity index (χ1v) is 10.9. The second kappa shape index (κ2) is 6.55.